The number of pyridine rings is 1. The van der Waals surface area contributed by atoms with Gasteiger partial charge in [-0.05, 0) is 51.0 Å². The van der Waals surface area contributed by atoms with Crippen LogP contribution in [0.4, 0.5) is 5.69 Å². The van der Waals surface area contributed by atoms with Gasteiger partial charge >= 0.3 is 0 Å². The van der Waals surface area contributed by atoms with Crippen LogP contribution in [0.2, 0.25) is 0 Å². The van der Waals surface area contributed by atoms with Crippen molar-refractivity contribution < 1.29 is 0 Å². The summed E-state index contributed by atoms with van der Waals surface area (Å²) in [7, 11) is 0. The molecular weight excluding hydrogens is 300 g/mol. The predicted molar refractivity (Wildman–Crippen MR) is 83.2 cm³/mol. The summed E-state index contributed by atoms with van der Waals surface area (Å²) in [6.07, 6.45) is 0. The van der Waals surface area contributed by atoms with E-state index in [9.17, 15) is 0 Å². The third-order valence-corrected chi connectivity index (χ3v) is 3.44. The number of anilines is 1. The number of nitrogens with one attached hydrogen (secondary N) is 1. The Kier molecular flexibility index (Phi) is 3.47. The molecule has 2 nitrogen and oxygen atoms in total. The summed E-state index contributed by atoms with van der Waals surface area (Å²) < 4.78 is 0.866. The first kappa shape index (κ1) is 12.2. The Bertz CT molecular complexity index is 710. The topological polar surface area (TPSA) is 24.9 Å². The fraction of sp³-hybridized carbons (Fsp3) is 0.0625. The van der Waals surface area contributed by atoms with Crippen LogP contribution in [-0.4, -0.2) is 4.98 Å². The fourth-order valence-corrected chi connectivity index (χ4v) is 2.42. The minimum absolute atomic E-state index is 0.720. The van der Waals surface area contributed by atoms with E-state index in [0.29, 0.717) is 0 Å². The Balaban J connectivity index is 1.78. The summed E-state index contributed by atoms with van der Waals surface area (Å²) in [4.78, 5) is 4.40. The molecule has 0 bridgehead atoms. The first-order valence-electron chi connectivity index (χ1n) is 6.15. The minimum atomic E-state index is 0.720. The van der Waals surface area contributed by atoms with Gasteiger partial charge in [0.1, 0.15) is 4.60 Å². The van der Waals surface area contributed by atoms with E-state index in [2.05, 4.69) is 68.7 Å². The van der Waals surface area contributed by atoms with Crippen molar-refractivity contribution in [3.8, 4) is 0 Å². The molecule has 94 valence electrons. The fourth-order valence-electron chi connectivity index (χ4n) is 2.04. The highest BCUT2D eigenvalue weighted by molar-refractivity contribution is 9.10. The molecule has 0 aliphatic rings. The lowest BCUT2D eigenvalue weighted by atomic mass is 10.1. The molecule has 1 aromatic heterocycles. The molecule has 1 heterocycles. The van der Waals surface area contributed by atoms with Gasteiger partial charge in [-0.25, -0.2) is 4.98 Å². The van der Waals surface area contributed by atoms with Gasteiger partial charge in [-0.15, -0.1) is 0 Å². The Labute approximate surface area is 120 Å². The lowest BCUT2D eigenvalue weighted by molar-refractivity contribution is 1.03. The second kappa shape index (κ2) is 5.41. The number of hydrogen-bond acceptors (Lipinski definition) is 2. The van der Waals surface area contributed by atoms with Crippen LogP contribution in [0.1, 0.15) is 5.69 Å². The number of benzene rings is 2. The number of nitrogens with zero attached hydrogens (tertiary/aromatic N) is 1. The van der Waals surface area contributed by atoms with E-state index >= 15 is 0 Å². The highest BCUT2D eigenvalue weighted by Gasteiger charge is 1.98. The smallest absolute Gasteiger partial charge is 0.106 e. The molecule has 3 rings (SSSR count). The summed E-state index contributed by atoms with van der Waals surface area (Å²) >= 11 is 3.38. The van der Waals surface area contributed by atoms with Gasteiger partial charge in [-0.2, -0.15) is 0 Å². The average molecular weight is 313 g/mol. The zero-order valence-corrected chi connectivity index (χ0v) is 11.9. The monoisotopic (exact) mass is 312 g/mol. The number of fused-ring (bicyclic) bond motifs is 1. The zero-order valence-electron chi connectivity index (χ0n) is 10.3. The molecule has 0 saturated heterocycles. The second-order valence-corrected chi connectivity index (χ2v) is 5.18. The Morgan fingerprint density at radius 3 is 2.58 bits per heavy atom. The van der Waals surface area contributed by atoms with E-state index in [-0.39, 0.29) is 0 Å². The van der Waals surface area contributed by atoms with Crippen LogP contribution in [0.3, 0.4) is 0 Å². The second-order valence-electron chi connectivity index (χ2n) is 4.37. The maximum absolute atomic E-state index is 4.40. The van der Waals surface area contributed by atoms with Crippen LogP contribution < -0.4 is 5.32 Å². The molecule has 0 spiro atoms. The first-order chi connectivity index (χ1) is 9.31. The number of aromatic nitrogens is 1. The van der Waals surface area contributed by atoms with Crippen LogP contribution >= 0.6 is 15.9 Å². The molecule has 0 aliphatic carbocycles. The van der Waals surface area contributed by atoms with Gasteiger partial charge in [0.05, 0.1) is 12.2 Å². The standard InChI is InChI=1S/C16H13BrN2/c17-16-7-3-6-15(19-16)11-18-14-9-8-12-4-1-2-5-13(12)10-14/h1-10,18H,11H2. The van der Waals surface area contributed by atoms with Crippen molar-refractivity contribution in [1.82, 2.24) is 4.98 Å². The van der Waals surface area contributed by atoms with Crippen LogP contribution in [-0.2, 0) is 6.54 Å². The first-order valence-corrected chi connectivity index (χ1v) is 6.95. The lowest BCUT2D eigenvalue weighted by Crippen LogP contribution is -2.01. The van der Waals surface area contributed by atoms with Crippen molar-refractivity contribution in [2.75, 3.05) is 5.32 Å². The van der Waals surface area contributed by atoms with Gasteiger partial charge in [-0.1, -0.05) is 36.4 Å². The van der Waals surface area contributed by atoms with Crippen LogP contribution in [0.15, 0.2) is 65.3 Å². The van der Waals surface area contributed by atoms with E-state index < -0.39 is 0 Å². The molecule has 3 heteroatoms. The summed E-state index contributed by atoms with van der Waals surface area (Å²) in [5, 5.41) is 5.90. The van der Waals surface area contributed by atoms with Crippen molar-refractivity contribution >= 4 is 32.4 Å². The molecule has 0 fully saturated rings. The molecule has 2 aromatic carbocycles. The van der Waals surface area contributed by atoms with Crippen molar-refractivity contribution in [3.63, 3.8) is 0 Å². The van der Waals surface area contributed by atoms with Gasteiger partial charge in [-0.3, -0.25) is 0 Å². The molecule has 0 saturated carbocycles. The lowest BCUT2D eigenvalue weighted by Gasteiger charge is -2.07. The maximum atomic E-state index is 4.40. The van der Waals surface area contributed by atoms with Gasteiger partial charge in [0, 0.05) is 5.69 Å². The van der Waals surface area contributed by atoms with E-state index in [1.165, 1.54) is 10.8 Å². The van der Waals surface area contributed by atoms with Gasteiger partial charge in [0.25, 0.3) is 0 Å². The van der Waals surface area contributed by atoms with E-state index in [4.69, 9.17) is 0 Å². The minimum Gasteiger partial charge on any atom is -0.379 e. The van der Waals surface area contributed by atoms with Crippen molar-refractivity contribution in [1.29, 1.82) is 0 Å². The largest absolute Gasteiger partial charge is 0.379 e. The molecule has 0 amide bonds. The quantitative estimate of drug-likeness (QED) is 0.714. The van der Waals surface area contributed by atoms with E-state index in [1.54, 1.807) is 0 Å². The zero-order chi connectivity index (χ0) is 13.1. The molecule has 0 aliphatic heterocycles. The number of rotatable bonds is 3. The molecule has 0 radical (unpaired) electrons. The van der Waals surface area contributed by atoms with E-state index in [0.717, 1.165) is 22.5 Å². The highest BCUT2D eigenvalue weighted by Crippen LogP contribution is 2.19. The van der Waals surface area contributed by atoms with Crippen LogP contribution in [0, 0.1) is 0 Å². The van der Waals surface area contributed by atoms with Crippen molar-refractivity contribution in [3.05, 3.63) is 71.0 Å². The summed E-state index contributed by atoms with van der Waals surface area (Å²) in [5.41, 5.74) is 2.13. The van der Waals surface area contributed by atoms with Crippen molar-refractivity contribution in [2.45, 2.75) is 6.54 Å². The summed E-state index contributed by atoms with van der Waals surface area (Å²) in [6, 6.07) is 20.7. The average Bonchev–Trinajstić information content (AvgIpc) is 2.45. The molecule has 1 N–H and O–H groups in total. The Morgan fingerprint density at radius 2 is 1.74 bits per heavy atom. The summed E-state index contributed by atoms with van der Waals surface area (Å²) in [6.45, 7) is 0.720. The SMILES string of the molecule is Brc1cccc(CNc2ccc3ccccc3c2)n1. The van der Waals surface area contributed by atoms with Gasteiger partial charge in [0.2, 0.25) is 0 Å². The molecular formula is C16H13BrN2. The van der Waals surface area contributed by atoms with Gasteiger partial charge < -0.3 is 5.32 Å². The van der Waals surface area contributed by atoms with Crippen molar-refractivity contribution in [2.24, 2.45) is 0 Å². The van der Waals surface area contributed by atoms with E-state index in [1.807, 2.05) is 18.2 Å². The maximum Gasteiger partial charge on any atom is 0.106 e. The highest BCUT2D eigenvalue weighted by atomic mass is 79.9. The molecule has 0 unspecified atom stereocenters. The Hall–Kier alpha value is -1.87. The third-order valence-electron chi connectivity index (χ3n) is 3.00. The summed E-state index contributed by atoms with van der Waals surface area (Å²) in [5.74, 6) is 0. The normalized spacial score (nSPS) is 10.6. The number of halogens is 1. The Morgan fingerprint density at radius 1 is 0.895 bits per heavy atom. The number of hydrogen-bond donors (Lipinski definition) is 1. The van der Waals surface area contributed by atoms with Gasteiger partial charge in [0.15, 0.2) is 0 Å². The van der Waals surface area contributed by atoms with Crippen LogP contribution in [0.5, 0.6) is 0 Å². The third kappa shape index (κ3) is 2.93. The molecule has 19 heavy (non-hydrogen) atoms. The molecule has 0 atom stereocenters. The predicted octanol–water partition coefficient (Wildman–Crippen LogP) is 4.61. The molecule has 3 aromatic rings. The van der Waals surface area contributed by atoms with Crippen LogP contribution in [0.25, 0.3) is 10.8 Å².